The number of nitrogens with zero attached hydrogens (tertiary/aromatic N) is 2. The Balaban J connectivity index is 1.84. The summed E-state index contributed by atoms with van der Waals surface area (Å²) in [7, 11) is -3.05. The number of nitrogens with one attached hydrogen (secondary N) is 1. The summed E-state index contributed by atoms with van der Waals surface area (Å²) in [5.41, 5.74) is 9.13. The number of rotatable bonds is 5. The van der Waals surface area contributed by atoms with E-state index >= 15 is 0 Å². The molecule has 22 heavy (non-hydrogen) atoms. The van der Waals surface area contributed by atoms with Gasteiger partial charge in [-0.1, -0.05) is 6.07 Å². The number of nitrogens with two attached hydrogens (primary N) is 1. The third-order valence-corrected chi connectivity index (χ3v) is 5.51. The summed E-state index contributed by atoms with van der Waals surface area (Å²) in [5, 5.41) is 3.08. The van der Waals surface area contributed by atoms with Gasteiger partial charge in [0.15, 0.2) is 5.96 Å². The van der Waals surface area contributed by atoms with Crippen molar-refractivity contribution < 1.29 is 8.42 Å². The number of guanidine groups is 1. The fraction of sp³-hybridized carbons (Fsp3) is 0.533. The van der Waals surface area contributed by atoms with Crippen LogP contribution in [0.25, 0.3) is 0 Å². The summed E-state index contributed by atoms with van der Waals surface area (Å²) in [6.45, 7) is 7.34. The summed E-state index contributed by atoms with van der Waals surface area (Å²) in [6.07, 6.45) is 0. The molecule has 6 nitrogen and oxygen atoms in total. The standard InChI is InChI=1S/C15H24N4O2S/c1-4-22(20,21)19-9-13(10-19)8-17-15(16)18-14-6-11(2)5-12(3)7-14/h5-7,13H,4,8-10H2,1-3H3,(H3,16,17,18). The Kier molecular flexibility index (Phi) is 5.08. The first-order valence-electron chi connectivity index (χ1n) is 7.43. The lowest BCUT2D eigenvalue weighted by atomic mass is 10.0. The van der Waals surface area contributed by atoms with Crippen LogP contribution in [0.2, 0.25) is 0 Å². The van der Waals surface area contributed by atoms with Gasteiger partial charge in [-0.3, -0.25) is 4.99 Å². The zero-order chi connectivity index (χ0) is 16.3. The molecule has 0 aliphatic carbocycles. The number of hydrogen-bond donors (Lipinski definition) is 2. The largest absolute Gasteiger partial charge is 0.370 e. The second-order valence-corrected chi connectivity index (χ2v) is 8.07. The normalized spacial score (nSPS) is 17.3. The van der Waals surface area contributed by atoms with E-state index < -0.39 is 10.0 Å². The molecule has 0 spiro atoms. The molecule has 1 heterocycles. The second kappa shape index (κ2) is 6.66. The van der Waals surface area contributed by atoms with Crippen LogP contribution in [0, 0.1) is 19.8 Å². The minimum absolute atomic E-state index is 0.152. The van der Waals surface area contributed by atoms with E-state index in [4.69, 9.17) is 5.73 Å². The van der Waals surface area contributed by atoms with Crippen molar-refractivity contribution in [3.8, 4) is 0 Å². The Labute approximate surface area is 132 Å². The molecule has 0 bridgehead atoms. The first kappa shape index (κ1) is 16.8. The molecule has 1 fully saturated rings. The lowest BCUT2D eigenvalue weighted by molar-refractivity contribution is 0.208. The maximum absolute atomic E-state index is 11.6. The van der Waals surface area contributed by atoms with Crippen LogP contribution in [0.4, 0.5) is 5.69 Å². The van der Waals surface area contributed by atoms with E-state index in [9.17, 15) is 8.42 Å². The molecule has 122 valence electrons. The molecule has 3 N–H and O–H groups in total. The Morgan fingerprint density at radius 3 is 2.45 bits per heavy atom. The van der Waals surface area contributed by atoms with Gasteiger partial charge in [-0.25, -0.2) is 12.7 Å². The third kappa shape index (κ3) is 4.20. The van der Waals surface area contributed by atoms with Crippen molar-refractivity contribution in [3.05, 3.63) is 29.3 Å². The molecular formula is C15H24N4O2S. The van der Waals surface area contributed by atoms with Crippen LogP contribution in [0.1, 0.15) is 18.1 Å². The summed E-state index contributed by atoms with van der Waals surface area (Å²) < 4.78 is 24.7. The number of hydrogen-bond acceptors (Lipinski definition) is 3. The highest BCUT2D eigenvalue weighted by Crippen LogP contribution is 2.20. The molecule has 1 aromatic carbocycles. The van der Waals surface area contributed by atoms with Crippen LogP contribution < -0.4 is 11.1 Å². The minimum atomic E-state index is -3.05. The van der Waals surface area contributed by atoms with Crippen LogP contribution in [0.3, 0.4) is 0 Å². The van der Waals surface area contributed by atoms with Gasteiger partial charge in [0.05, 0.1) is 5.75 Å². The molecule has 0 aromatic heterocycles. The molecule has 0 radical (unpaired) electrons. The van der Waals surface area contributed by atoms with E-state index in [1.54, 1.807) is 6.92 Å². The summed E-state index contributed by atoms with van der Waals surface area (Å²) in [4.78, 5) is 4.30. The van der Waals surface area contributed by atoms with Gasteiger partial charge in [-0.15, -0.1) is 0 Å². The third-order valence-electron chi connectivity index (χ3n) is 3.70. The first-order chi connectivity index (χ1) is 10.3. The van der Waals surface area contributed by atoms with Crippen LogP contribution in [0.15, 0.2) is 23.2 Å². The lowest BCUT2D eigenvalue weighted by Gasteiger charge is -2.37. The molecule has 1 aromatic rings. The SMILES string of the molecule is CCS(=O)(=O)N1CC(CN=C(N)Nc2cc(C)cc(C)c2)C1. The van der Waals surface area contributed by atoms with Crippen LogP contribution in [-0.4, -0.2) is 44.1 Å². The maximum Gasteiger partial charge on any atom is 0.213 e. The van der Waals surface area contributed by atoms with E-state index in [1.807, 2.05) is 26.0 Å². The predicted octanol–water partition coefficient (Wildman–Crippen LogP) is 1.31. The first-order valence-corrected chi connectivity index (χ1v) is 9.04. The van der Waals surface area contributed by atoms with Gasteiger partial charge in [-0.05, 0) is 44.0 Å². The molecule has 0 saturated carbocycles. The highest BCUT2D eigenvalue weighted by molar-refractivity contribution is 7.89. The molecule has 1 aliphatic rings. The molecule has 0 unspecified atom stereocenters. The number of sulfonamides is 1. The highest BCUT2D eigenvalue weighted by Gasteiger charge is 2.34. The molecule has 0 atom stereocenters. The van der Waals surface area contributed by atoms with Crippen molar-refractivity contribution >= 4 is 21.7 Å². The van der Waals surface area contributed by atoms with Crippen LogP contribution >= 0.6 is 0 Å². The number of aryl methyl sites for hydroxylation is 2. The van der Waals surface area contributed by atoms with E-state index in [0.29, 0.717) is 25.6 Å². The molecule has 0 amide bonds. The second-order valence-electron chi connectivity index (χ2n) is 5.81. The van der Waals surface area contributed by atoms with Crippen molar-refractivity contribution in [2.24, 2.45) is 16.6 Å². The van der Waals surface area contributed by atoms with E-state index in [-0.39, 0.29) is 11.7 Å². The Morgan fingerprint density at radius 2 is 1.91 bits per heavy atom. The lowest BCUT2D eigenvalue weighted by Crippen LogP contribution is -2.51. The summed E-state index contributed by atoms with van der Waals surface area (Å²) in [5.74, 6) is 0.766. The molecule has 1 saturated heterocycles. The number of aliphatic imine (C=N–C) groups is 1. The van der Waals surface area contributed by atoms with Gasteiger partial charge in [0, 0.05) is 31.2 Å². The van der Waals surface area contributed by atoms with Gasteiger partial charge in [0.25, 0.3) is 0 Å². The van der Waals surface area contributed by atoms with E-state index in [1.165, 1.54) is 4.31 Å². The minimum Gasteiger partial charge on any atom is -0.370 e. The topological polar surface area (TPSA) is 87.8 Å². The average Bonchev–Trinajstić information content (AvgIpc) is 2.35. The van der Waals surface area contributed by atoms with Gasteiger partial charge in [0.2, 0.25) is 10.0 Å². The van der Waals surface area contributed by atoms with Crippen molar-refractivity contribution in [2.45, 2.75) is 20.8 Å². The smallest absolute Gasteiger partial charge is 0.213 e. The maximum atomic E-state index is 11.6. The molecule has 2 rings (SSSR count). The zero-order valence-corrected chi connectivity index (χ0v) is 14.2. The van der Waals surface area contributed by atoms with E-state index in [0.717, 1.165) is 16.8 Å². The van der Waals surface area contributed by atoms with Crippen molar-refractivity contribution in [1.82, 2.24) is 4.31 Å². The van der Waals surface area contributed by atoms with Gasteiger partial charge < -0.3 is 11.1 Å². The van der Waals surface area contributed by atoms with Crippen molar-refractivity contribution in [2.75, 3.05) is 30.7 Å². The van der Waals surface area contributed by atoms with Gasteiger partial charge in [-0.2, -0.15) is 0 Å². The average molecular weight is 324 g/mol. The van der Waals surface area contributed by atoms with Crippen molar-refractivity contribution in [1.29, 1.82) is 0 Å². The summed E-state index contributed by atoms with van der Waals surface area (Å²) >= 11 is 0. The van der Waals surface area contributed by atoms with Crippen LogP contribution in [0.5, 0.6) is 0 Å². The van der Waals surface area contributed by atoms with E-state index in [2.05, 4.69) is 16.4 Å². The molecule has 1 aliphatic heterocycles. The quantitative estimate of drug-likeness (QED) is 0.631. The molecular weight excluding hydrogens is 300 g/mol. The fourth-order valence-electron chi connectivity index (χ4n) is 2.51. The van der Waals surface area contributed by atoms with Gasteiger partial charge in [0.1, 0.15) is 0 Å². The van der Waals surface area contributed by atoms with Crippen LogP contribution in [-0.2, 0) is 10.0 Å². The van der Waals surface area contributed by atoms with Gasteiger partial charge >= 0.3 is 0 Å². The Morgan fingerprint density at radius 1 is 1.32 bits per heavy atom. The highest BCUT2D eigenvalue weighted by atomic mass is 32.2. The summed E-state index contributed by atoms with van der Waals surface area (Å²) in [6, 6.07) is 6.11. The number of anilines is 1. The number of benzene rings is 1. The van der Waals surface area contributed by atoms with Crippen molar-refractivity contribution in [3.63, 3.8) is 0 Å². The predicted molar refractivity (Wildman–Crippen MR) is 90.6 cm³/mol. The zero-order valence-electron chi connectivity index (χ0n) is 13.3. The monoisotopic (exact) mass is 324 g/mol. The Bertz CT molecular complexity index is 644. The fourth-order valence-corrected chi connectivity index (χ4v) is 3.75. The molecule has 7 heteroatoms. The Hall–Kier alpha value is -1.60.